The molecule has 2 aliphatic rings. The number of nitrogens with one attached hydrogen (secondary N) is 1. The zero-order chi connectivity index (χ0) is 24.6. The summed E-state index contributed by atoms with van der Waals surface area (Å²) in [6, 6.07) is 5.46. The summed E-state index contributed by atoms with van der Waals surface area (Å²) in [6.45, 7) is 3.18. The van der Waals surface area contributed by atoms with Gasteiger partial charge in [0.1, 0.15) is 22.8 Å². The molecule has 0 aliphatic carbocycles. The number of halogens is 1. The number of amides is 3. The molecule has 0 radical (unpaired) electrons. The van der Waals surface area contributed by atoms with Gasteiger partial charge in [-0.1, -0.05) is 17.7 Å². The van der Waals surface area contributed by atoms with E-state index in [1.165, 1.54) is 6.33 Å². The van der Waals surface area contributed by atoms with Crippen LogP contribution in [0.2, 0.25) is 5.15 Å². The van der Waals surface area contributed by atoms with Crippen LogP contribution in [0.25, 0.3) is 11.0 Å². The number of aromatic nitrogens is 4. The highest BCUT2D eigenvalue weighted by atomic mass is 35.5. The fraction of sp³-hybridized carbons (Fsp3) is 0.458. The first-order chi connectivity index (χ1) is 16.9. The van der Waals surface area contributed by atoms with E-state index in [2.05, 4.69) is 20.3 Å². The van der Waals surface area contributed by atoms with Crippen molar-refractivity contribution in [3.63, 3.8) is 0 Å². The van der Waals surface area contributed by atoms with Crippen LogP contribution in [0.1, 0.15) is 28.9 Å². The van der Waals surface area contributed by atoms with Crippen LogP contribution < -0.4 is 10.1 Å². The van der Waals surface area contributed by atoms with Crippen molar-refractivity contribution in [1.82, 2.24) is 34.6 Å². The lowest BCUT2D eigenvalue weighted by Gasteiger charge is -2.25. The van der Waals surface area contributed by atoms with Crippen molar-refractivity contribution in [2.75, 3.05) is 39.8 Å². The molecule has 2 aliphatic heterocycles. The summed E-state index contributed by atoms with van der Waals surface area (Å²) in [7, 11) is 3.40. The van der Waals surface area contributed by atoms with Gasteiger partial charge in [-0.3, -0.25) is 4.79 Å². The number of urea groups is 1. The Morgan fingerprint density at radius 2 is 1.91 bits per heavy atom. The van der Waals surface area contributed by atoms with Crippen molar-refractivity contribution in [2.24, 2.45) is 12.5 Å². The monoisotopic (exact) mass is 497 g/mol. The Balaban J connectivity index is 1.16. The van der Waals surface area contributed by atoms with Gasteiger partial charge in [0.2, 0.25) is 5.88 Å². The summed E-state index contributed by atoms with van der Waals surface area (Å²) in [6.07, 6.45) is 5.62. The van der Waals surface area contributed by atoms with Crippen LogP contribution in [0.5, 0.6) is 5.88 Å². The number of likely N-dealkylation sites (tertiary alicyclic amines) is 2. The predicted octanol–water partition coefficient (Wildman–Crippen LogP) is 2.52. The highest BCUT2D eigenvalue weighted by Crippen LogP contribution is 2.40. The second kappa shape index (κ2) is 9.33. The summed E-state index contributed by atoms with van der Waals surface area (Å²) >= 11 is 6.19. The fourth-order valence-corrected chi connectivity index (χ4v) is 5.31. The molecule has 10 nitrogen and oxygen atoms in total. The minimum Gasteiger partial charge on any atom is -0.481 e. The van der Waals surface area contributed by atoms with Gasteiger partial charge in [0, 0.05) is 57.4 Å². The van der Waals surface area contributed by atoms with Gasteiger partial charge in [0.05, 0.1) is 12.5 Å². The molecular weight excluding hydrogens is 470 g/mol. The minimum absolute atomic E-state index is 0.0468. The molecule has 1 N–H and O–H groups in total. The van der Waals surface area contributed by atoms with E-state index in [-0.39, 0.29) is 17.4 Å². The fourth-order valence-electron chi connectivity index (χ4n) is 5.13. The van der Waals surface area contributed by atoms with Crippen molar-refractivity contribution in [1.29, 1.82) is 0 Å². The maximum atomic E-state index is 13.3. The number of nitrogens with zero attached hydrogens (tertiary/aromatic N) is 6. The first-order valence-electron chi connectivity index (χ1n) is 11.7. The van der Waals surface area contributed by atoms with Crippen molar-refractivity contribution >= 4 is 34.6 Å². The molecule has 3 amide bonds. The molecule has 5 rings (SSSR count). The van der Waals surface area contributed by atoms with Gasteiger partial charge in [0.25, 0.3) is 5.91 Å². The van der Waals surface area contributed by atoms with Gasteiger partial charge >= 0.3 is 6.03 Å². The number of carbonyl (C=O) groups excluding carboxylic acids is 2. The summed E-state index contributed by atoms with van der Waals surface area (Å²) in [5.74, 6) is 0.525. The maximum Gasteiger partial charge on any atom is 0.317 e. The van der Waals surface area contributed by atoms with Crippen LogP contribution in [-0.2, 0) is 13.5 Å². The number of aryl methyl sites for hydroxylation is 1. The van der Waals surface area contributed by atoms with E-state index in [9.17, 15) is 9.59 Å². The average molecular weight is 498 g/mol. The Labute approximate surface area is 208 Å². The van der Waals surface area contributed by atoms with E-state index in [1.54, 1.807) is 23.9 Å². The molecule has 3 aromatic heterocycles. The Bertz CT molecular complexity index is 1260. The van der Waals surface area contributed by atoms with Crippen molar-refractivity contribution in [3.05, 3.63) is 47.1 Å². The lowest BCUT2D eigenvalue weighted by molar-refractivity contribution is 0.0765. The predicted molar refractivity (Wildman–Crippen MR) is 131 cm³/mol. The molecular formula is C24H28ClN7O3. The largest absolute Gasteiger partial charge is 0.481 e. The number of carbonyl (C=O) groups is 2. The highest BCUT2D eigenvalue weighted by Gasteiger charge is 2.46. The molecule has 0 bridgehead atoms. The summed E-state index contributed by atoms with van der Waals surface area (Å²) in [5, 5.41) is 4.02. The SMILES string of the molecule is COc1ccc(CCNC(=O)N2CCC3(CCN(C(=O)c4cc5c(Cl)ncnc5n4C)C3)C2)cn1. The third kappa shape index (κ3) is 4.50. The molecule has 3 aromatic rings. The van der Waals surface area contributed by atoms with Crippen molar-refractivity contribution < 1.29 is 14.3 Å². The van der Waals surface area contributed by atoms with E-state index >= 15 is 0 Å². The van der Waals surface area contributed by atoms with E-state index in [0.29, 0.717) is 66.9 Å². The molecule has 5 heterocycles. The third-order valence-corrected chi connectivity index (χ3v) is 7.44. The van der Waals surface area contributed by atoms with Gasteiger partial charge < -0.3 is 24.4 Å². The number of hydrogen-bond donors (Lipinski definition) is 1. The van der Waals surface area contributed by atoms with Crippen LogP contribution in [0.3, 0.4) is 0 Å². The third-order valence-electron chi connectivity index (χ3n) is 7.14. The second-order valence-corrected chi connectivity index (χ2v) is 9.69. The van der Waals surface area contributed by atoms with Crippen LogP contribution in [0, 0.1) is 5.41 Å². The average Bonchev–Trinajstić information content (AvgIpc) is 3.58. The van der Waals surface area contributed by atoms with Crippen molar-refractivity contribution in [2.45, 2.75) is 19.3 Å². The smallest absolute Gasteiger partial charge is 0.317 e. The standard InChI is InChI=1S/C24H28ClN7O3/c1-30-18(11-17-20(25)28-15-29-21(17)30)22(33)31-9-6-24(13-31)7-10-32(14-24)23(34)26-8-5-16-3-4-19(35-2)27-12-16/h3-4,11-12,15H,5-10,13-14H2,1-2H3,(H,26,34). The number of rotatable bonds is 5. The van der Waals surface area contributed by atoms with Gasteiger partial charge in [0.15, 0.2) is 0 Å². The number of hydrogen-bond acceptors (Lipinski definition) is 6. The topological polar surface area (TPSA) is 105 Å². The van der Waals surface area contributed by atoms with Crippen LogP contribution in [0.15, 0.2) is 30.7 Å². The molecule has 35 heavy (non-hydrogen) atoms. The Kier molecular flexibility index (Phi) is 6.22. The van der Waals surface area contributed by atoms with E-state index in [4.69, 9.17) is 16.3 Å². The molecule has 0 saturated carbocycles. The Morgan fingerprint density at radius 1 is 1.14 bits per heavy atom. The van der Waals surface area contributed by atoms with Gasteiger partial charge in [-0.15, -0.1) is 0 Å². The zero-order valence-corrected chi connectivity index (χ0v) is 20.6. The zero-order valence-electron chi connectivity index (χ0n) is 19.8. The van der Waals surface area contributed by atoms with E-state index in [1.807, 2.05) is 29.0 Å². The number of pyridine rings is 1. The van der Waals surface area contributed by atoms with E-state index in [0.717, 1.165) is 18.4 Å². The van der Waals surface area contributed by atoms with Crippen LogP contribution in [-0.4, -0.2) is 81.1 Å². The van der Waals surface area contributed by atoms with Crippen LogP contribution in [0.4, 0.5) is 4.79 Å². The molecule has 184 valence electrons. The summed E-state index contributed by atoms with van der Waals surface area (Å²) in [5.41, 5.74) is 2.15. The quantitative estimate of drug-likeness (QED) is 0.543. The maximum absolute atomic E-state index is 13.3. The highest BCUT2D eigenvalue weighted by molar-refractivity contribution is 6.34. The Morgan fingerprint density at radius 3 is 2.63 bits per heavy atom. The minimum atomic E-state index is -0.0606. The first kappa shape index (κ1) is 23.3. The number of methoxy groups -OCH3 is 1. The first-order valence-corrected chi connectivity index (χ1v) is 12.0. The molecule has 2 saturated heterocycles. The van der Waals surface area contributed by atoms with E-state index < -0.39 is 0 Å². The number of ether oxygens (including phenoxy) is 1. The summed E-state index contributed by atoms with van der Waals surface area (Å²) in [4.78, 5) is 42.3. The molecule has 1 unspecified atom stereocenters. The normalized spacial score (nSPS) is 19.6. The van der Waals surface area contributed by atoms with Crippen LogP contribution >= 0.6 is 11.6 Å². The van der Waals surface area contributed by atoms with Crippen molar-refractivity contribution in [3.8, 4) is 5.88 Å². The molecule has 2 fully saturated rings. The molecule has 1 spiro atoms. The summed E-state index contributed by atoms with van der Waals surface area (Å²) < 4.78 is 6.84. The molecule has 11 heteroatoms. The molecule has 1 atom stereocenters. The van der Waals surface area contributed by atoms with Gasteiger partial charge in [-0.05, 0) is 30.9 Å². The lowest BCUT2D eigenvalue weighted by atomic mass is 9.86. The molecule has 0 aromatic carbocycles. The Hall–Kier alpha value is -3.40. The van der Waals surface area contributed by atoms with Gasteiger partial charge in [-0.25, -0.2) is 19.7 Å². The number of fused-ring (bicyclic) bond motifs is 1. The second-order valence-electron chi connectivity index (χ2n) is 9.33. The van der Waals surface area contributed by atoms with Gasteiger partial charge in [-0.2, -0.15) is 0 Å². The lowest BCUT2D eigenvalue weighted by Crippen LogP contribution is -2.41.